The van der Waals surface area contributed by atoms with Gasteiger partial charge in [0.05, 0.1) is 52.2 Å². The summed E-state index contributed by atoms with van der Waals surface area (Å²) in [4.78, 5) is 108. The molecule has 0 rings (SSSR count). The first-order valence-electron chi connectivity index (χ1n) is 14.3. The molecule has 0 spiro atoms. The molecule has 0 aromatic heterocycles. The molecule has 0 aromatic carbocycles. The Labute approximate surface area is 277 Å². The summed E-state index contributed by atoms with van der Waals surface area (Å²) in [5.41, 5.74) is 5.28. The molecule has 0 unspecified atom stereocenters. The minimum Gasteiger partial charge on any atom is -0.480 e. The Morgan fingerprint density at radius 3 is 1.35 bits per heavy atom. The molecule has 49 heavy (non-hydrogen) atoms. The molecular formula is C25H43N9O15. The molecule has 0 aliphatic rings. The Morgan fingerprint density at radius 1 is 0.531 bits per heavy atom. The van der Waals surface area contributed by atoms with Crippen LogP contribution in [0, 0.1) is 0 Å². The summed E-state index contributed by atoms with van der Waals surface area (Å²) in [6.45, 7) is -3.52. The van der Waals surface area contributed by atoms with Crippen LogP contribution in [0.5, 0.6) is 0 Å². The first-order valence-corrected chi connectivity index (χ1v) is 14.3. The van der Waals surface area contributed by atoms with E-state index in [1.807, 2.05) is 5.32 Å². The lowest BCUT2D eigenvalue weighted by atomic mass is 10.1. The number of aliphatic hydroxyl groups is 5. The molecule has 0 heterocycles. The summed E-state index contributed by atoms with van der Waals surface area (Å²) >= 11 is 0. The van der Waals surface area contributed by atoms with E-state index >= 15 is 0 Å². The van der Waals surface area contributed by atoms with Crippen LogP contribution in [0.1, 0.15) is 13.8 Å². The number of hydrogen-bond donors (Lipinski definition) is 15. The van der Waals surface area contributed by atoms with Crippen LogP contribution in [-0.4, -0.2) is 172 Å². The lowest BCUT2D eigenvalue weighted by molar-refractivity contribution is -0.143. The maximum Gasteiger partial charge on any atom is 0.328 e. The number of carbonyl (C=O) groups is 9. The van der Waals surface area contributed by atoms with Gasteiger partial charge in [0.15, 0.2) is 0 Å². The first kappa shape index (κ1) is 44.0. The predicted molar refractivity (Wildman–Crippen MR) is 160 cm³/mol. The van der Waals surface area contributed by atoms with Crippen molar-refractivity contribution in [1.82, 2.24) is 42.5 Å². The van der Waals surface area contributed by atoms with Crippen LogP contribution in [-0.2, 0) is 43.2 Å². The van der Waals surface area contributed by atoms with Gasteiger partial charge in [0.2, 0.25) is 47.3 Å². The number of carbonyl (C=O) groups excluding carboxylic acids is 8. The maximum atomic E-state index is 12.6. The average Bonchev–Trinajstić information content (AvgIpc) is 3.06. The molecule has 0 aliphatic carbocycles. The molecule has 0 radical (unpaired) electrons. The number of aliphatic carboxylic acids is 1. The molecule has 0 aliphatic heterocycles. The molecule has 0 saturated heterocycles. The van der Waals surface area contributed by atoms with Gasteiger partial charge < -0.3 is 78.9 Å². The SMILES string of the molecule is C[C@H](NC(=O)[C@H](CO)NC(=O)CNC(=O)[C@H](CO)NC(=O)CNC(=O)[C@@H](N)CO)C(=O)N[C@H](C(=O)NCC(=O)N[C@@H](CO)C(=O)O)[C@@H](C)O. The summed E-state index contributed by atoms with van der Waals surface area (Å²) in [5.74, 6) is -9.62. The van der Waals surface area contributed by atoms with Gasteiger partial charge in [-0.1, -0.05) is 0 Å². The quantitative estimate of drug-likeness (QED) is 0.0496. The predicted octanol–water partition coefficient (Wildman–Crippen LogP) is -10.5. The average molecular weight is 710 g/mol. The van der Waals surface area contributed by atoms with E-state index in [4.69, 9.17) is 21.1 Å². The van der Waals surface area contributed by atoms with Crippen LogP contribution in [0.15, 0.2) is 0 Å². The topological polar surface area (TPSA) is 397 Å². The molecule has 16 N–H and O–H groups in total. The molecule has 24 heteroatoms. The van der Waals surface area contributed by atoms with E-state index in [2.05, 4.69) is 37.2 Å². The molecule has 7 atom stereocenters. The molecule has 0 aromatic rings. The van der Waals surface area contributed by atoms with Crippen molar-refractivity contribution in [3.8, 4) is 0 Å². The zero-order valence-electron chi connectivity index (χ0n) is 26.4. The van der Waals surface area contributed by atoms with Gasteiger partial charge in [-0.25, -0.2) is 4.79 Å². The second-order valence-electron chi connectivity index (χ2n) is 10.1. The number of carboxylic acid groups (broad SMARTS) is 1. The zero-order valence-corrected chi connectivity index (χ0v) is 26.4. The third-order valence-electron chi connectivity index (χ3n) is 6.10. The number of carboxylic acids is 1. The van der Waals surface area contributed by atoms with Gasteiger partial charge in [-0.2, -0.15) is 0 Å². The summed E-state index contributed by atoms with van der Waals surface area (Å²) in [6.07, 6.45) is -1.53. The van der Waals surface area contributed by atoms with Gasteiger partial charge in [0.1, 0.15) is 36.3 Å². The van der Waals surface area contributed by atoms with E-state index in [1.165, 1.54) is 0 Å². The number of hydrogen-bond acceptors (Lipinski definition) is 15. The zero-order chi connectivity index (χ0) is 37.8. The van der Waals surface area contributed by atoms with Crippen molar-refractivity contribution in [2.24, 2.45) is 5.73 Å². The lowest BCUT2D eigenvalue weighted by Crippen LogP contribution is -2.59. The first-order chi connectivity index (χ1) is 22.9. The van der Waals surface area contributed by atoms with Gasteiger partial charge in [-0.3, -0.25) is 38.4 Å². The van der Waals surface area contributed by atoms with Crippen molar-refractivity contribution >= 4 is 53.2 Å². The van der Waals surface area contributed by atoms with Crippen molar-refractivity contribution in [3.63, 3.8) is 0 Å². The van der Waals surface area contributed by atoms with Crippen LogP contribution in [0.4, 0.5) is 0 Å². The van der Waals surface area contributed by atoms with E-state index in [0.29, 0.717) is 0 Å². The lowest BCUT2D eigenvalue weighted by Gasteiger charge is -2.24. The van der Waals surface area contributed by atoms with E-state index in [9.17, 15) is 58.5 Å². The minimum atomic E-state index is -1.67. The highest BCUT2D eigenvalue weighted by atomic mass is 16.4. The highest BCUT2D eigenvalue weighted by Crippen LogP contribution is 1.97. The van der Waals surface area contributed by atoms with Crippen LogP contribution in [0.3, 0.4) is 0 Å². The van der Waals surface area contributed by atoms with Gasteiger partial charge in [0, 0.05) is 0 Å². The molecule has 0 saturated carbocycles. The summed E-state index contributed by atoms with van der Waals surface area (Å²) in [7, 11) is 0. The molecule has 24 nitrogen and oxygen atoms in total. The van der Waals surface area contributed by atoms with E-state index < -0.39 is 142 Å². The standard InChI is InChI=1S/C25H43N9O15/c1-10(20(43)34-19(11(2)39)24(47)29-5-18(42)33-15(9-38)25(48)49)30-23(46)14(8-37)32-17(41)4-28-22(45)13(7-36)31-16(40)3-27-21(44)12(26)6-35/h10-15,19,35-39H,3-9,26H2,1-2H3,(H,27,44)(H,28,45)(H,29,47)(H,30,46)(H,31,40)(H,32,41)(H,33,42)(H,34,43)(H,48,49)/t10-,11+,12-,13-,14-,15-,19-/m0/s1. The fraction of sp³-hybridized carbons (Fsp3) is 0.640. The largest absolute Gasteiger partial charge is 0.480 e. The van der Waals surface area contributed by atoms with Crippen molar-refractivity contribution in [1.29, 1.82) is 0 Å². The second kappa shape index (κ2) is 22.5. The maximum absolute atomic E-state index is 12.6. The Kier molecular flexibility index (Phi) is 20.2. The number of rotatable bonds is 22. The van der Waals surface area contributed by atoms with E-state index in [0.717, 1.165) is 13.8 Å². The van der Waals surface area contributed by atoms with Gasteiger partial charge in [0.25, 0.3) is 0 Å². The molecule has 8 amide bonds. The fourth-order valence-corrected chi connectivity index (χ4v) is 3.32. The van der Waals surface area contributed by atoms with Gasteiger partial charge in [-0.05, 0) is 13.8 Å². The molecular weight excluding hydrogens is 666 g/mol. The highest BCUT2D eigenvalue weighted by molar-refractivity contribution is 5.96. The Morgan fingerprint density at radius 2 is 0.939 bits per heavy atom. The number of nitrogens with two attached hydrogens (primary N) is 1. The van der Waals surface area contributed by atoms with Crippen molar-refractivity contribution in [2.75, 3.05) is 46.1 Å². The third-order valence-corrected chi connectivity index (χ3v) is 6.10. The van der Waals surface area contributed by atoms with Gasteiger partial charge >= 0.3 is 5.97 Å². The molecule has 278 valence electrons. The van der Waals surface area contributed by atoms with Crippen molar-refractivity contribution in [2.45, 2.75) is 56.2 Å². The number of amides is 8. The monoisotopic (exact) mass is 709 g/mol. The number of aliphatic hydroxyl groups excluding tert-OH is 5. The smallest absolute Gasteiger partial charge is 0.328 e. The molecule has 0 bridgehead atoms. The van der Waals surface area contributed by atoms with Crippen LogP contribution in [0.25, 0.3) is 0 Å². The van der Waals surface area contributed by atoms with Crippen LogP contribution < -0.4 is 48.3 Å². The Bertz CT molecular complexity index is 1200. The highest BCUT2D eigenvalue weighted by Gasteiger charge is 2.30. The Balaban J connectivity index is 4.98. The summed E-state index contributed by atoms with van der Waals surface area (Å²) in [5, 5.41) is 72.1. The fourth-order valence-electron chi connectivity index (χ4n) is 3.32. The van der Waals surface area contributed by atoms with Crippen LogP contribution in [0.2, 0.25) is 0 Å². The summed E-state index contributed by atoms with van der Waals surface area (Å²) < 4.78 is 0. The Hall–Kier alpha value is -5.01. The van der Waals surface area contributed by atoms with E-state index in [1.54, 1.807) is 0 Å². The summed E-state index contributed by atoms with van der Waals surface area (Å²) in [6, 6.07) is -9.27. The third kappa shape index (κ3) is 16.6. The minimum absolute atomic E-state index is 0.658. The van der Waals surface area contributed by atoms with Crippen molar-refractivity contribution in [3.05, 3.63) is 0 Å². The van der Waals surface area contributed by atoms with Crippen molar-refractivity contribution < 1.29 is 73.8 Å². The second-order valence-corrected chi connectivity index (χ2v) is 10.1. The van der Waals surface area contributed by atoms with Gasteiger partial charge in [-0.15, -0.1) is 0 Å². The number of nitrogens with one attached hydrogen (secondary N) is 8. The molecule has 0 fully saturated rings. The van der Waals surface area contributed by atoms with Crippen LogP contribution >= 0.6 is 0 Å². The van der Waals surface area contributed by atoms with E-state index in [-0.39, 0.29) is 0 Å². The normalized spacial score (nSPS) is 14.9.